The molecule has 2 N–H and O–H groups in total. The van der Waals surface area contributed by atoms with E-state index in [1.807, 2.05) is 19.0 Å². The number of benzene rings is 1. The highest BCUT2D eigenvalue weighted by atomic mass is 19.2. The lowest BCUT2D eigenvalue weighted by Gasteiger charge is -2.29. The molecule has 1 aromatic carbocycles. The van der Waals surface area contributed by atoms with Crippen LogP contribution < -0.4 is 5.73 Å². The number of hydrogen-bond donors (Lipinski definition) is 1. The molecule has 110 valence electrons. The van der Waals surface area contributed by atoms with Crippen molar-refractivity contribution in [3.8, 4) is 0 Å². The van der Waals surface area contributed by atoms with Crippen molar-refractivity contribution in [2.75, 3.05) is 26.4 Å². The van der Waals surface area contributed by atoms with Crippen molar-refractivity contribution in [3.05, 3.63) is 23.8 Å². The lowest BCUT2D eigenvalue weighted by Crippen LogP contribution is -2.32. The molecule has 2 rings (SSSR count). The smallest absolute Gasteiger partial charge is 0.201 e. The van der Waals surface area contributed by atoms with Crippen LogP contribution >= 0.6 is 0 Å². The second-order valence-corrected chi connectivity index (χ2v) is 6.19. The first-order valence-corrected chi connectivity index (χ1v) is 6.46. The summed E-state index contributed by atoms with van der Waals surface area (Å²) >= 11 is 0. The molecule has 1 heterocycles. The number of anilines is 1. The largest absolute Gasteiger partial charge is 0.369 e. The van der Waals surface area contributed by atoms with Crippen molar-refractivity contribution in [1.82, 2.24) is 14.5 Å². The van der Waals surface area contributed by atoms with Gasteiger partial charge in [-0.1, -0.05) is 13.8 Å². The maximum Gasteiger partial charge on any atom is 0.201 e. The normalized spacial score (nSPS) is 12.6. The summed E-state index contributed by atoms with van der Waals surface area (Å²) in [5.41, 5.74) is 6.22. The predicted octanol–water partition coefficient (Wildman–Crippen LogP) is 2.48. The van der Waals surface area contributed by atoms with Gasteiger partial charge in [0, 0.05) is 13.1 Å². The van der Waals surface area contributed by atoms with E-state index in [1.165, 1.54) is 6.07 Å². The zero-order valence-electron chi connectivity index (χ0n) is 12.2. The number of nitrogens with zero attached hydrogens (tertiary/aromatic N) is 3. The van der Waals surface area contributed by atoms with Crippen LogP contribution in [0.4, 0.5) is 14.7 Å². The van der Waals surface area contributed by atoms with Crippen LogP contribution in [0.25, 0.3) is 11.0 Å². The van der Waals surface area contributed by atoms with Gasteiger partial charge in [0.1, 0.15) is 5.52 Å². The number of fused-ring (bicyclic) bond motifs is 1. The number of imidazole rings is 1. The Bertz CT molecular complexity index is 632. The van der Waals surface area contributed by atoms with Crippen molar-refractivity contribution >= 4 is 17.0 Å². The molecule has 6 heteroatoms. The number of halogens is 2. The van der Waals surface area contributed by atoms with E-state index >= 15 is 0 Å². The minimum absolute atomic E-state index is 0.134. The van der Waals surface area contributed by atoms with Gasteiger partial charge in [-0.25, -0.2) is 13.8 Å². The number of aromatic nitrogens is 2. The molecule has 0 unspecified atom stereocenters. The van der Waals surface area contributed by atoms with Crippen molar-refractivity contribution in [1.29, 1.82) is 0 Å². The van der Waals surface area contributed by atoms with Gasteiger partial charge in [0.05, 0.1) is 5.52 Å². The van der Waals surface area contributed by atoms with E-state index in [2.05, 4.69) is 18.8 Å². The van der Waals surface area contributed by atoms with Gasteiger partial charge in [-0.15, -0.1) is 0 Å². The van der Waals surface area contributed by atoms with Crippen LogP contribution in [-0.4, -0.2) is 35.1 Å². The maximum absolute atomic E-state index is 14.0. The Balaban J connectivity index is 2.49. The topological polar surface area (TPSA) is 47.1 Å². The molecule has 0 bridgehead atoms. The zero-order valence-corrected chi connectivity index (χ0v) is 12.2. The summed E-state index contributed by atoms with van der Waals surface area (Å²) in [6.45, 7) is 5.36. The monoisotopic (exact) mass is 282 g/mol. The Labute approximate surface area is 117 Å². The second-order valence-electron chi connectivity index (χ2n) is 6.19. The third-order valence-electron chi connectivity index (χ3n) is 3.16. The average molecular weight is 282 g/mol. The van der Waals surface area contributed by atoms with Crippen LogP contribution in [0, 0.1) is 17.0 Å². The fourth-order valence-electron chi connectivity index (χ4n) is 2.67. The standard InChI is InChI=1S/C14H20F2N4/c1-14(2,7-19(3)4)8-20-12-10(18-13(20)17)6-5-9(15)11(12)16/h5-6H,7-8H2,1-4H3,(H2,17,18). The molecular weight excluding hydrogens is 262 g/mol. The highest BCUT2D eigenvalue weighted by molar-refractivity contribution is 5.79. The van der Waals surface area contributed by atoms with E-state index in [4.69, 9.17) is 5.73 Å². The Kier molecular flexibility index (Phi) is 3.69. The van der Waals surface area contributed by atoms with E-state index in [0.29, 0.717) is 12.1 Å². The predicted molar refractivity (Wildman–Crippen MR) is 76.4 cm³/mol. The fourth-order valence-corrected chi connectivity index (χ4v) is 2.67. The lowest BCUT2D eigenvalue weighted by atomic mass is 9.92. The molecule has 0 saturated carbocycles. The van der Waals surface area contributed by atoms with Crippen LogP contribution in [0.2, 0.25) is 0 Å². The van der Waals surface area contributed by atoms with Crippen LogP contribution in [0.15, 0.2) is 12.1 Å². The number of rotatable bonds is 4. The van der Waals surface area contributed by atoms with Crippen molar-refractivity contribution in [2.24, 2.45) is 5.41 Å². The summed E-state index contributed by atoms with van der Waals surface area (Å²) in [6.07, 6.45) is 0. The van der Waals surface area contributed by atoms with E-state index in [9.17, 15) is 8.78 Å². The van der Waals surface area contributed by atoms with Gasteiger partial charge in [0.2, 0.25) is 5.95 Å². The maximum atomic E-state index is 14.0. The highest BCUT2D eigenvalue weighted by Crippen LogP contribution is 2.27. The molecule has 0 fully saturated rings. The molecule has 0 amide bonds. The molecule has 20 heavy (non-hydrogen) atoms. The summed E-state index contributed by atoms with van der Waals surface area (Å²) in [6, 6.07) is 2.51. The van der Waals surface area contributed by atoms with Crippen molar-refractivity contribution in [3.63, 3.8) is 0 Å². The van der Waals surface area contributed by atoms with Gasteiger partial charge in [-0.3, -0.25) is 0 Å². The van der Waals surface area contributed by atoms with Crippen molar-refractivity contribution < 1.29 is 8.78 Å². The van der Waals surface area contributed by atoms with Crippen LogP contribution in [0.5, 0.6) is 0 Å². The Hall–Kier alpha value is -1.69. The average Bonchev–Trinajstić information content (AvgIpc) is 2.59. The molecule has 4 nitrogen and oxygen atoms in total. The van der Waals surface area contributed by atoms with E-state index in [1.54, 1.807) is 4.57 Å². The molecule has 1 aromatic heterocycles. The third kappa shape index (κ3) is 2.75. The second kappa shape index (κ2) is 5.01. The first-order valence-electron chi connectivity index (χ1n) is 6.46. The number of hydrogen-bond acceptors (Lipinski definition) is 3. The summed E-state index contributed by atoms with van der Waals surface area (Å²) in [5, 5.41) is 0. The van der Waals surface area contributed by atoms with Crippen LogP contribution in [0.3, 0.4) is 0 Å². The van der Waals surface area contributed by atoms with Crippen LogP contribution in [0.1, 0.15) is 13.8 Å². The summed E-state index contributed by atoms with van der Waals surface area (Å²) in [5.74, 6) is -1.58. The summed E-state index contributed by atoms with van der Waals surface area (Å²) in [7, 11) is 3.94. The Morgan fingerprint density at radius 2 is 1.95 bits per heavy atom. The number of nitrogens with two attached hydrogens (primary N) is 1. The summed E-state index contributed by atoms with van der Waals surface area (Å²) in [4.78, 5) is 6.15. The van der Waals surface area contributed by atoms with Crippen LogP contribution in [-0.2, 0) is 6.54 Å². The van der Waals surface area contributed by atoms with E-state index in [-0.39, 0.29) is 16.9 Å². The fraction of sp³-hybridized carbons (Fsp3) is 0.500. The minimum Gasteiger partial charge on any atom is -0.369 e. The molecule has 0 aliphatic carbocycles. The molecule has 0 aliphatic rings. The third-order valence-corrected chi connectivity index (χ3v) is 3.16. The van der Waals surface area contributed by atoms with Gasteiger partial charge in [-0.05, 0) is 31.6 Å². The SMILES string of the molecule is CN(C)CC(C)(C)Cn1c(N)nc2ccc(F)c(F)c21. The minimum atomic E-state index is -0.896. The lowest BCUT2D eigenvalue weighted by molar-refractivity contribution is 0.214. The molecule has 0 saturated heterocycles. The van der Waals surface area contributed by atoms with E-state index in [0.717, 1.165) is 12.6 Å². The van der Waals surface area contributed by atoms with Gasteiger partial charge < -0.3 is 15.2 Å². The zero-order chi connectivity index (χ0) is 15.1. The molecule has 0 atom stereocenters. The van der Waals surface area contributed by atoms with E-state index < -0.39 is 11.6 Å². The first kappa shape index (κ1) is 14.7. The molecular formula is C14H20F2N4. The molecule has 0 aliphatic heterocycles. The van der Waals surface area contributed by atoms with Crippen molar-refractivity contribution in [2.45, 2.75) is 20.4 Å². The summed E-state index contributed by atoms with van der Waals surface area (Å²) < 4.78 is 29.0. The Morgan fingerprint density at radius 3 is 2.55 bits per heavy atom. The van der Waals surface area contributed by atoms with Gasteiger partial charge in [0.25, 0.3) is 0 Å². The van der Waals surface area contributed by atoms with Gasteiger partial charge in [0.15, 0.2) is 11.6 Å². The first-order chi connectivity index (χ1) is 9.21. The van der Waals surface area contributed by atoms with Gasteiger partial charge in [-0.2, -0.15) is 0 Å². The molecule has 0 radical (unpaired) electrons. The highest BCUT2D eigenvalue weighted by Gasteiger charge is 2.24. The molecule has 0 spiro atoms. The quantitative estimate of drug-likeness (QED) is 0.937. The van der Waals surface area contributed by atoms with Gasteiger partial charge >= 0.3 is 0 Å². The Morgan fingerprint density at radius 1 is 1.30 bits per heavy atom. The number of nitrogen functional groups attached to an aromatic ring is 1. The molecule has 2 aromatic rings.